The third-order valence-corrected chi connectivity index (χ3v) is 4.00. The molecule has 0 atom stereocenters. The lowest BCUT2D eigenvalue weighted by Crippen LogP contribution is -2.12. The summed E-state index contributed by atoms with van der Waals surface area (Å²) in [6.45, 7) is 2.09. The Bertz CT molecular complexity index is 990. The van der Waals surface area contributed by atoms with Gasteiger partial charge in [0.25, 0.3) is 5.91 Å². The average molecular weight is 396 g/mol. The van der Waals surface area contributed by atoms with Crippen LogP contribution in [-0.2, 0) is 4.74 Å². The molecule has 7 heteroatoms. The van der Waals surface area contributed by atoms with Gasteiger partial charge in [-0.25, -0.2) is 4.79 Å². The molecule has 0 fully saturated rings. The highest BCUT2D eigenvalue weighted by atomic mass is 35.5. The van der Waals surface area contributed by atoms with Gasteiger partial charge in [0.1, 0.15) is 0 Å². The van der Waals surface area contributed by atoms with Crippen LogP contribution in [0.1, 0.15) is 27.6 Å². The lowest BCUT2D eigenvalue weighted by Gasteiger charge is -2.09. The molecule has 0 spiro atoms. The molecule has 3 rings (SSSR count). The van der Waals surface area contributed by atoms with Gasteiger partial charge in [-0.15, -0.1) is 0 Å². The Morgan fingerprint density at radius 1 is 0.964 bits per heavy atom. The zero-order chi connectivity index (χ0) is 19.9. The molecule has 0 bridgehead atoms. The number of rotatable bonds is 6. The second-order valence-corrected chi connectivity index (χ2v) is 6.29. The minimum atomic E-state index is -0.365. The van der Waals surface area contributed by atoms with E-state index in [-0.39, 0.29) is 11.9 Å². The van der Waals surface area contributed by atoms with Crippen LogP contribution in [0, 0.1) is 0 Å². The summed E-state index contributed by atoms with van der Waals surface area (Å²) >= 11 is 5.94. The Morgan fingerprint density at radius 2 is 1.75 bits per heavy atom. The lowest BCUT2D eigenvalue weighted by atomic mass is 10.2. The molecule has 6 nitrogen and oxygen atoms in total. The number of amides is 1. The SMILES string of the molecule is CCOC(=O)c1ccc(Nc2cncc(C(=O)Nc3cccc(Cl)c3)c2)cc1. The molecule has 2 aromatic carbocycles. The second kappa shape index (κ2) is 9.01. The molecule has 0 aliphatic carbocycles. The van der Waals surface area contributed by atoms with E-state index in [0.717, 1.165) is 5.69 Å². The summed E-state index contributed by atoms with van der Waals surface area (Å²) in [6, 6.07) is 15.4. The molecule has 1 amide bonds. The van der Waals surface area contributed by atoms with Gasteiger partial charge in [0.2, 0.25) is 0 Å². The molecule has 28 heavy (non-hydrogen) atoms. The van der Waals surface area contributed by atoms with Crippen molar-refractivity contribution >= 4 is 40.5 Å². The number of hydrogen-bond donors (Lipinski definition) is 2. The fourth-order valence-corrected chi connectivity index (χ4v) is 2.66. The van der Waals surface area contributed by atoms with E-state index in [1.54, 1.807) is 67.7 Å². The fraction of sp³-hybridized carbons (Fsp3) is 0.0952. The number of nitrogens with one attached hydrogen (secondary N) is 2. The van der Waals surface area contributed by atoms with Crippen molar-refractivity contribution in [1.29, 1.82) is 0 Å². The Labute approximate surface area is 167 Å². The van der Waals surface area contributed by atoms with Crippen LogP contribution in [0.5, 0.6) is 0 Å². The largest absolute Gasteiger partial charge is 0.462 e. The van der Waals surface area contributed by atoms with E-state index in [9.17, 15) is 9.59 Å². The van der Waals surface area contributed by atoms with Gasteiger partial charge in [-0.3, -0.25) is 9.78 Å². The topological polar surface area (TPSA) is 80.3 Å². The second-order valence-electron chi connectivity index (χ2n) is 5.85. The van der Waals surface area contributed by atoms with Gasteiger partial charge in [0, 0.05) is 22.6 Å². The van der Waals surface area contributed by atoms with Crippen LogP contribution in [-0.4, -0.2) is 23.5 Å². The molecule has 1 heterocycles. The number of aromatic nitrogens is 1. The van der Waals surface area contributed by atoms with Crippen molar-refractivity contribution in [2.24, 2.45) is 0 Å². The number of carbonyl (C=O) groups excluding carboxylic acids is 2. The number of hydrogen-bond acceptors (Lipinski definition) is 5. The molecule has 1 aromatic heterocycles. The first-order valence-corrected chi connectivity index (χ1v) is 8.99. The Balaban J connectivity index is 1.69. The van der Waals surface area contributed by atoms with Crippen molar-refractivity contribution in [2.45, 2.75) is 6.92 Å². The number of esters is 1. The maximum atomic E-state index is 12.4. The number of pyridine rings is 1. The van der Waals surface area contributed by atoms with Crippen LogP contribution in [0.25, 0.3) is 0 Å². The first-order chi connectivity index (χ1) is 13.5. The van der Waals surface area contributed by atoms with E-state index in [4.69, 9.17) is 16.3 Å². The highest BCUT2D eigenvalue weighted by molar-refractivity contribution is 6.31. The van der Waals surface area contributed by atoms with Crippen LogP contribution in [0.3, 0.4) is 0 Å². The average Bonchev–Trinajstić information content (AvgIpc) is 2.69. The van der Waals surface area contributed by atoms with E-state index < -0.39 is 0 Å². The zero-order valence-corrected chi connectivity index (χ0v) is 15.9. The first kappa shape index (κ1) is 19.4. The van der Waals surface area contributed by atoms with Crippen molar-refractivity contribution in [3.05, 3.63) is 83.1 Å². The highest BCUT2D eigenvalue weighted by Crippen LogP contribution is 2.19. The zero-order valence-electron chi connectivity index (χ0n) is 15.1. The summed E-state index contributed by atoms with van der Waals surface area (Å²) in [5.74, 6) is -0.661. The Hall–Kier alpha value is -3.38. The number of carbonyl (C=O) groups is 2. The maximum Gasteiger partial charge on any atom is 0.338 e. The van der Waals surface area contributed by atoms with Crippen LogP contribution < -0.4 is 10.6 Å². The normalized spacial score (nSPS) is 10.2. The number of benzene rings is 2. The predicted molar refractivity (Wildman–Crippen MR) is 109 cm³/mol. The molecule has 3 aromatic rings. The number of anilines is 3. The number of halogens is 1. The summed E-state index contributed by atoms with van der Waals surface area (Å²) in [6.07, 6.45) is 3.09. The van der Waals surface area contributed by atoms with E-state index in [0.29, 0.717) is 34.1 Å². The molecule has 0 aliphatic heterocycles. The van der Waals surface area contributed by atoms with Crippen LogP contribution >= 0.6 is 11.6 Å². The molecule has 142 valence electrons. The van der Waals surface area contributed by atoms with Crippen LogP contribution in [0.2, 0.25) is 5.02 Å². The first-order valence-electron chi connectivity index (χ1n) is 8.61. The molecule has 0 aliphatic rings. The summed E-state index contributed by atoms with van der Waals surface area (Å²) in [5.41, 5.74) is 2.86. The smallest absolute Gasteiger partial charge is 0.338 e. The van der Waals surface area contributed by atoms with Crippen molar-refractivity contribution in [3.8, 4) is 0 Å². The van der Waals surface area contributed by atoms with Gasteiger partial charge in [-0.1, -0.05) is 17.7 Å². The third-order valence-electron chi connectivity index (χ3n) is 3.77. The van der Waals surface area contributed by atoms with E-state index in [1.165, 1.54) is 6.20 Å². The molecule has 0 saturated carbocycles. The van der Waals surface area contributed by atoms with E-state index in [1.807, 2.05) is 0 Å². The van der Waals surface area contributed by atoms with E-state index in [2.05, 4.69) is 15.6 Å². The summed E-state index contributed by atoms with van der Waals surface area (Å²) < 4.78 is 4.96. The quantitative estimate of drug-likeness (QED) is 0.580. The fourth-order valence-electron chi connectivity index (χ4n) is 2.47. The van der Waals surface area contributed by atoms with Crippen LogP contribution in [0.4, 0.5) is 17.1 Å². The molecular weight excluding hydrogens is 378 g/mol. The third kappa shape index (κ3) is 5.08. The summed E-state index contributed by atoms with van der Waals surface area (Å²) in [7, 11) is 0. The van der Waals surface area contributed by atoms with Crippen LogP contribution in [0.15, 0.2) is 67.0 Å². The van der Waals surface area contributed by atoms with Gasteiger partial charge in [-0.05, 0) is 55.5 Å². The van der Waals surface area contributed by atoms with Crippen molar-refractivity contribution in [3.63, 3.8) is 0 Å². The van der Waals surface area contributed by atoms with Gasteiger partial charge in [0.05, 0.1) is 29.6 Å². The van der Waals surface area contributed by atoms with Gasteiger partial charge in [-0.2, -0.15) is 0 Å². The lowest BCUT2D eigenvalue weighted by molar-refractivity contribution is 0.0526. The van der Waals surface area contributed by atoms with Gasteiger partial charge in [0.15, 0.2) is 0 Å². The molecular formula is C21H18ClN3O3. The molecule has 2 N–H and O–H groups in total. The van der Waals surface area contributed by atoms with Crippen molar-refractivity contribution < 1.29 is 14.3 Å². The van der Waals surface area contributed by atoms with Gasteiger partial charge >= 0.3 is 5.97 Å². The highest BCUT2D eigenvalue weighted by Gasteiger charge is 2.09. The standard InChI is InChI=1S/C21H18ClN3O3/c1-2-28-21(27)14-6-8-17(9-7-14)24-19-10-15(12-23-13-19)20(26)25-18-5-3-4-16(22)11-18/h3-13,24H,2H2,1H3,(H,25,26). The number of nitrogens with zero attached hydrogens (tertiary/aromatic N) is 1. The summed E-state index contributed by atoms with van der Waals surface area (Å²) in [5, 5.41) is 6.47. The van der Waals surface area contributed by atoms with E-state index >= 15 is 0 Å². The van der Waals surface area contributed by atoms with Crippen molar-refractivity contribution in [2.75, 3.05) is 17.2 Å². The van der Waals surface area contributed by atoms with Crippen molar-refractivity contribution in [1.82, 2.24) is 4.98 Å². The Kier molecular flexibility index (Phi) is 6.24. The minimum absolute atomic E-state index is 0.295. The summed E-state index contributed by atoms with van der Waals surface area (Å²) in [4.78, 5) is 28.2. The predicted octanol–water partition coefficient (Wildman–Crippen LogP) is 4.91. The monoisotopic (exact) mass is 395 g/mol. The Morgan fingerprint density at radius 3 is 2.46 bits per heavy atom. The maximum absolute atomic E-state index is 12.4. The molecule has 0 unspecified atom stereocenters. The molecule has 0 radical (unpaired) electrons. The minimum Gasteiger partial charge on any atom is -0.462 e. The van der Waals surface area contributed by atoms with Gasteiger partial charge < -0.3 is 15.4 Å². The number of ether oxygens (including phenoxy) is 1. The molecule has 0 saturated heterocycles.